The molecule has 27 heavy (non-hydrogen) atoms. The van der Waals surface area contributed by atoms with E-state index in [0.29, 0.717) is 29.7 Å². The van der Waals surface area contributed by atoms with Crippen molar-refractivity contribution in [2.45, 2.75) is 10.6 Å². The number of benzene rings is 1. The van der Waals surface area contributed by atoms with Crippen LogP contribution in [0.4, 0.5) is 11.4 Å². The highest BCUT2D eigenvalue weighted by Crippen LogP contribution is 2.41. The van der Waals surface area contributed by atoms with Gasteiger partial charge in [-0.05, 0) is 18.2 Å². The van der Waals surface area contributed by atoms with Gasteiger partial charge in [0.15, 0.2) is 15.6 Å². The summed E-state index contributed by atoms with van der Waals surface area (Å²) in [5.41, 5.74) is 1.65. The number of hydrogen-bond donors (Lipinski definition) is 0. The van der Waals surface area contributed by atoms with E-state index in [1.807, 2.05) is 11.0 Å². The molecule has 0 bridgehead atoms. The van der Waals surface area contributed by atoms with Crippen molar-refractivity contribution in [3.8, 4) is 11.5 Å². The van der Waals surface area contributed by atoms with Crippen molar-refractivity contribution in [1.82, 2.24) is 9.97 Å². The number of pyridine rings is 1. The summed E-state index contributed by atoms with van der Waals surface area (Å²) in [5.74, 6) is 1.05. The molecule has 3 aromatic rings. The normalized spacial score (nSPS) is 13.7. The van der Waals surface area contributed by atoms with Crippen molar-refractivity contribution in [1.29, 1.82) is 0 Å². The van der Waals surface area contributed by atoms with Crippen LogP contribution in [0.2, 0.25) is 0 Å². The lowest BCUT2D eigenvalue weighted by Crippen LogP contribution is -2.29. The number of ether oxygens (including phenoxy) is 2. The summed E-state index contributed by atoms with van der Waals surface area (Å²) < 4.78 is 36.6. The molecule has 9 heteroatoms. The molecule has 4 rings (SSSR count). The minimum absolute atomic E-state index is 0.120. The Balaban J connectivity index is 1.70. The van der Waals surface area contributed by atoms with Crippen molar-refractivity contribution in [3.63, 3.8) is 0 Å². The van der Waals surface area contributed by atoms with E-state index >= 15 is 0 Å². The number of fused-ring (bicyclic) bond motifs is 1. The third-order valence-corrected chi connectivity index (χ3v) is 6.81. The van der Waals surface area contributed by atoms with Crippen LogP contribution < -0.4 is 14.4 Å². The van der Waals surface area contributed by atoms with E-state index in [1.165, 1.54) is 11.3 Å². The Morgan fingerprint density at radius 1 is 1.26 bits per heavy atom. The highest BCUT2D eigenvalue weighted by Gasteiger charge is 2.25. The molecule has 0 unspecified atom stereocenters. The van der Waals surface area contributed by atoms with Crippen LogP contribution in [0.25, 0.3) is 0 Å². The number of thiazole rings is 1. The molecule has 0 fully saturated rings. The van der Waals surface area contributed by atoms with Gasteiger partial charge < -0.3 is 14.4 Å². The van der Waals surface area contributed by atoms with Gasteiger partial charge in [-0.25, -0.2) is 13.4 Å². The average Bonchev–Trinajstić information content (AvgIpc) is 3.19. The monoisotopic (exact) mass is 403 g/mol. The lowest BCUT2D eigenvalue weighted by molar-refractivity contribution is 0.312. The van der Waals surface area contributed by atoms with E-state index in [-0.39, 0.29) is 10.6 Å². The molecule has 0 spiro atoms. The maximum atomic E-state index is 12.7. The predicted molar refractivity (Wildman–Crippen MR) is 103 cm³/mol. The van der Waals surface area contributed by atoms with Crippen molar-refractivity contribution in [2.75, 3.05) is 25.2 Å². The number of sulfone groups is 1. The Bertz CT molecular complexity index is 1050. The van der Waals surface area contributed by atoms with E-state index in [9.17, 15) is 8.42 Å². The number of rotatable bonds is 5. The van der Waals surface area contributed by atoms with Crippen LogP contribution in [0.5, 0.6) is 11.5 Å². The summed E-state index contributed by atoms with van der Waals surface area (Å²) in [6, 6.07) is 6.82. The third kappa shape index (κ3) is 3.47. The molecule has 2 aromatic heterocycles. The molecule has 140 valence electrons. The SMILES string of the molecule is COc1cnccc1N1CCOc2cc(S(=O)(=O)Cc3nccs3)ccc21. The molecule has 1 aliphatic rings. The number of anilines is 2. The lowest BCUT2D eigenvalue weighted by atomic mass is 10.2. The van der Waals surface area contributed by atoms with Crippen molar-refractivity contribution >= 4 is 32.5 Å². The van der Waals surface area contributed by atoms with E-state index in [2.05, 4.69) is 9.97 Å². The van der Waals surface area contributed by atoms with Gasteiger partial charge >= 0.3 is 0 Å². The fourth-order valence-electron chi connectivity index (χ4n) is 2.97. The Morgan fingerprint density at radius 3 is 2.93 bits per heavy atom. The molecule has 0 radical (unpaired) electrons. The van der Waals surface area contributed by atoms with Crippen molar-refractivity contribution in [3.05, 3.63) is 53.2 Å². The molecule has 1 aliphatic heterocycles. The van der Waals surface area contributed by atoms with E-state index in [4.69, 9.17) is 9.47 Å². The van der Waals surface area contributed by atoms with Gasteiger partial charge in [0, 0.05) is 23.8 Å². The quantitative estimate of drug-likeness (QED) is 0.647. The van der Waals surface area contributed by atoms with Gasteiger partial charge in [-0.1, -0.05) is 0 Å². The van der Waals surface area contributed by atoms with E-state index in [1.54, 1.807) is 49.3 Å². The highest BCUT2D eigenvalue weighted by molar-refractivity contribution is 7.90. The maximum absolute atomic E-state index is 12.7. The molecule has 0 aliphatic carbocycles. The summed E-state index contributed by atoms with van der Waals surface area (Å²) in [5, 5.41) is 2.33. The third-order valence-electron chi connectivity index (χ3n) is 4.22. The Hall–Kier alpha value is -2.65. The van der Waals surface area contributed by atoms with Crippen LogP contribution in [0.3, 0.4) is 0 Å². The van der Waals surface area contributed by atoms with Crippen LogP contribution in [0.15, 0.2) is 53.1 Å². The standard InChI is InChI=1S/C18H17N3O4S2/c1-24-17-11-19-5-4-15(17)21-7-8-25-16-10-13(2-3-14(16)21)27(22,23)12-18-20-6-9-26-18/h2-6,9-11H,7-8,12H2,1H3. The Labute approximate surface area is 161 Å². The fraction of sp³-hybridized carbons (Fsp3) is 0.222. The first-order valence-corrected chi connectivity index (χ1v) is 10.8. The van der Waals surface area contributed by atoms with Gasteiger partial charge in [0.1, 0.15) is 23.1 Å². The van der Waals surface area contributed by atoms with Crippen molar-refractivity contribution < 1.29 is 17.9 Å². The molecule has 1 aromatic carbocycles. The first-order valence-electron chi connectivity index (χ1n) is 8.22. The lowest BCUT2D eigenvalue weighted by Gasteiger charge is -2.32. The molecular weight excluding hydrogens is 386 g/mol. The largest absolute Gasteiger partial charge is 0.493 e. The van der Waals surface area contributed by atoms with Crippen LogP contribution in [0.1, 0.15) is 5.01 Å². The number of nitrogens with zero attached hydrogens (tertiary/aromatic N) is 3. The van der Waals surface area contributed by atoms with Crippen LogP contribution >= 0.6 is 11.3 Å². The molecule has 0 saturated heterocycles. The van der Waals surface area contributed by atoms with Crippen LogP contribution in [-0.2, 0) is 15.6 Å². The topological polar surface area (TPSA) is 81.6 Å². The second kappa shape index (κ2) is 7.16. The average molecular weight is 403 g/mol. The zero-order chi connectivity index (χ0) is 18.9. The minimum Gasteiger partial charge on any atom is -0.493 e. The van der Waals surface area contributed by atoms with Gasteiger partial charge in [0.2, 0.25) is 0 Å². The molecule has 3 heterocycles. The first kappa shape index (κ1) is 17.7. The van der Waals surface area contributed by atoms with Gasteiger partial charge in [0.05, 0.1) is 36.1 Å². The van der Waals surface area contributed by atoms with E-state index < -0.39 is 9.84 Å². The highest BCUT2D eigenvalue weighted by atomic mass is 32.2. The zero-order valence-electron chi connectivity index (χ0n) is 14.5. The molecule has 0 amide bonds. The van der Waals surface area contributed by atoms with Gasteiger partial charge in [0.25, 0.3) is 0 Å². The maximum Gasteiger partial charge on any atom is 0.185 e. The second-order valence-electron chi connectivity index (χ2n) is 5.86. The van der Waals surface area contributed by atoms with Crippen molar-refractivity contribution in [2.24, 2.45) is 0 Å². The molecule has 0 saturated carbocycles. The smallest absolute Gasteiger partial charge is 0.185 e. The molecular formula is C18H17N3O4S2. The number of methoxy groups -OCH3 is 1. The summed E-state index contributed by atoms with van der Waals surface area (Å²) >= 11 is 1.33. The fourth-order valence-corrected chi connectivity index (χ4v) is 5.23. The summed E-state index contributed by atoms with van der Waals surface area (Å²) in [6.07, 6.45) is 4.95. The van der Waals surface area contributed by atoms with Crippen LogP contribution in [0, 0.1) is 0 Å². The summed E-state index contributed by atoms with van der Waals surface area (Å²) in [6.45, 7) is 1.06. The van der Waals surface area contributed by atoms with Crippen LogP contribution in [-0.4, -0.2) is 38.6 Å². The molecule has 0 N–H and O–H groups in total. The predicted octanol–water partition coefficient (Wildman–Crippen LogP) is 3.05. The molecule has 7 nitrogen and oxygen atoms in total. The summed E-state index contributed by atoms with van der Waals surface area (Å²) in [4.78, 5) is 10.4. The van der Waals surface area contributed by atoms with Gasteiger partial charge in [-0.2, -0.15) is 0 Å². The Kier molecular flexibility index (Phi) is 4.71. The van der Waals surface area contributed by atoms with E-state index in [0.717, 1.165) is 11.4 Å². The Morgan fingerprint density at radius 2 is 2.15 bits per heavy atom. The minimum atomic E-state index is -3.50. The van der Waals surface area contributed by atoms with Gasteiger partial charge in [-0.3, -0.25) is 4.98 Å². The zero-order valence-corrected chi connectivity index (χ0v) is 16.2. The number of aromatic nitrogens is 2. The van der Waals surface area contributed by atoms with Gasteiger partial charge in [-0.15, -0.1) is 11.3 Å². The molecule has 0 atom stereocenters. The summed E-state index contributed by atoms with van der Waals surface area (Å²) in [7, 11) is -1.90. The second-order valence-corrected chi connectivity index (χ2v) is 8.83. The number of hydrogen-bond acceptors (Lipinski definition) is 8. The first-order chi connectivity index (χ1) is 13.1.